The summed E-state index contributed by atoms with van der Waals surface area (Å²) < 4.78 is 64.4. The summed E-state index contributed by atoms with van der Waals surface area (Å²) in [7, 11) is -2.58. The summed E-state index contributed by atoms with van der Waals surface area (Å²) in [5.74, 6) is -5.73. The van der Waals surface area contributed by atoms with Crippen LogP contribution in [0.4, 0.5) is 8.78 Å². The number of aromatic hydroxyl groups is 1. The number of amides is 2. The Morgan fingerprint density at radius 2 is 1.88 bits per heavy atom. The van der Waals surface area contributed by atoms with Crippen molar-refractivity contribution < 1.29 is 46.8 Å². The number of nitrogens with one attached hydrogen (secondary N) is 1. The van der Waals surface area contributed by atoms with Gasteiger partial charge in [0.2, 0.25) is 5.43 Å². The van der Waals surface area contributed by atoms with Crippen LogP contribution in [-0.4, -0.2) is 83.4 Å². The maximum atomic E-state index is 14.5. The first-order valence-corrected chi connectivity index (χ1v) is 17.9. The maximum absolute atomic E-state index is 14.5. The van der Waals surface area contributed by atoms with Gasteiger partial charge in [0.15, 0.2) is 17.1 Å². The largest absolute Gasteiger partial charge is 0.502 e. The number of aromatic nitrogens is 1. The minimum absolute atomic E-state index is 0.0296. The zero-order valence-electron chi connectivity index (χ0n) is 28.4. The van der Waals surface area contributed by atoms with Crippen molar-refractivity contribution in [2.45, 2.75) is 45.5 Å². The molecule has 0 aliphatic carbocycles. The van der Waals surface area contributed by atoms with Gasteiger partial charge in [0.25, 0.3) is 11.8 Å². The highest BCUT2D eigenvalue weighted by atomic mass is 31.2. The highest BCUT2D eigenvalue weighted by molar-refractivity contribution is 7.58. The Labute approximate surface area is 292 Å². The molecule has 3 aromatic rings. The second-order valence-electron chi connectivity index (χ2n) is 12.4. The lowest BCUT2D eigenvalue weighted by Crippen LogP contribution is -2.70. The summed E-state index contributed by atoms with van der Waals surface area (Å²) in [5, 5.41) is 15.0. The fourth-order valence-corrected chi connectivity index (χ4v) is 7.27. The molecular weight excluding hydrogens is 691 g/mol. The lowest BCUT2D eigenvalue weighted by molar-refractivity contribution is -0.149. The van der Waals surface area contributed by atoms with Crippen LogP contribution < -0.4 is 20.3 Å². The Balaban J connectivity index is 1.53. The summed E-state index contributed by atoms with van der Waals surface area (Å²) in [4.78, 5) is 54.1. The van der Waals surface area contributed by atoms with Gasteiger partial charge in [-0.25, -0.2) is 13.5 Å². The molecule has 2 aliphatic rings. The van der Waals surface area contributed by atoms with E-state index in [4.69, 9.17) is 14.0 Å². The molecule has 2 aromatic carbocycles. The van der Waals surface area contributed by atoms with Crippen LogP contribution in [0.3, 0.4) is 0 Å². The van der Waals surface area contributed by atoms with Gasteiger partial charge in [-0.3, -0.25) is 33.4 Å². The second kappa shape index (κ2) is 15.0. The first kappa shape index (κ1) is 37.2. The summed E-state index contributed by atoms with van der Waals surface area (Å²) in [6, 6.07) is 11.0. The van der Waals surface area contributed by atoms with Crippen LogP contribution in [-0.2, 0) is 25.4 Å². The average Bonchev–Trinajstić information content (AvgIpc) is 3.58. The van der Waals surface area contributed by atoms with E-state index in [0.717, 1.165) is 23.0 Å². The number of rotatable bonds is 12. The number of ether oxygens (including phenoxy) is 2. The molecule has 1 spiro atoms. The Kier molecular flexibility index (Phi) is 11.0. The molecule has 51 heavy (non-hydrogen) atoms. The highest BCUT2D eigenvalue weighted by Crippen LogP contribution is 2.49. The molecular formula is C34H38F2N5O9P. The van der Waals surface area contributed by atoms with E-state index in [2.05, 4.69) is 10.1 Å². The molecule has 3 atom stereocenters. The monoisotopic (exact) mass is 729 g/mol. The van der Waals surface area contributed by atoms with Crippen LogP contribution in [0, 0.1) is 17.6 Å². The first-order chi connectivity index (χ1) is 24.2. The van der Waals surface area contributed by atoms with Crippen molar-refractivity contribution >= 4 is 31.5 Å². The third-order valence-corrected chi connectivity index (χ3v) is 10.2. The van der Waals surface area contributed by atoms with Gasteiger partial charge in [-0.1, -0.05) is 24.3 Å². The normalized spacial score (nSPS) is 18.9. The van der Waals surface area contributed by atoms with Gasteiger partial charge >= 0.3 is 13.5 Å². The van der Waals surface area contributed by atoms with E-state index in [-0.39, 0.29) is 49.8 Å². The average molecular weight is 730 g/mol. The smallest absolute Gasteiger partial charge is 0.363 e. The lowest BCUT2D eigenvalue weighted by Gasteiger charge is -2.52. The van der Waals surface area contributed by atoms with Gasteiger partial charge in [0.05, 0.1) is 31.4 Å². The number of hydrogen-bond acceptors (Lipinski definition) is 10. The molecule has 3 heterocycles. The third kappa shape index (κ3) is 7.81. The molecule has 2 N–H and O–H groups in total. The molecule has 0 saturated carbocycles. The number of halogens is 2. The number of carbonyl (C=O) groups is 3. The summed E-state index contributed by atoms with van der Waals surface area (Å²) in [6.07, 6.45) is 1.81. The van der Waals surface area contributed by atoms with Gasteiger partial charge in [-0.05, 0) is 39.0 Å². The summed E-state index contributed by atoms with van der Waals surface area (Å²) >= 11 is 0. The molecule has 17 heteroatoms. The van der Waals surface area contributed by atoms with Gasteiger partial charge in [-0.2, -0.15) is 0 Å². The predicted octanol–water partition coefficient (Wildman–Crippen LogP) is 3.83. The molecule has 5 rings (SSSR count). The van der Waals surface area contributed by atoms with E-state index in [1.165, 1.54) is 25.1 Å². The third-order valence-electron chi connectivity index (χ3n) is 8.49. The SMILES string of the molecule is CC(C)OC(=O)C(C)C=NP(=O)(CCN1n2cc(C(=O)NCc3ccc(F)cc3F)c(=O)c(O)c2C(=O)N(C)[C@@]12CCOC2)Oc1ccccc1. The fourth-order valence-electron chi connectivity index (χ4n) is 5.72. The molecule has 0 bridgehead atoms. The first-order valence-electron chi connectivity index (χ1n) is 16.1. The van der Waals surface area contributed by atoms with Crippen molar-refractivity contribution in [1.82, 2.24) is 14.9 Å². The van der Waals surface area contributed by atoms with Crippen LogP contribution in [0.1, 0.15) is 53.6 Å². The Hall–Kier alpha value is -5.08. The van der Waals surface area contributed by atoms with E-state index in [0.29, 0.717) is 6.07 Å². The van der Waals surface area contributed by atoms with Gasteiger partial charge in [0.1, 0.15) is 22.9 Å². The number of hydrogen-bond donors (Lipinski definition) is 2. The quantitative estimate of drug-likeness (QED) is 0.159. The lowest BCUT2D eigenvalue weighted by atomic mass is 10.0. The van der Waals surface area contributed by atoms with Gasteiger partial charge in [-0.15, -0.1) is 0 Å². The molecule has 1 saturated heterocycles. The Morgan fingerprint density at radius 1 is 1.16 bits per heavy atom. The highest BCUT2D eigenvalue weighted by Gasteiger charge is 2.52. The maximum Gasteiger partial charge on any atom is 0.363 e. The summed E-state index contributed by atoms with van der Waals surface area (Å²) in [6.45, 7) is 4.50. The van der Waals surface area contributed by atoms with E-state index < -0.39 is 77.5 Å². The standard InChI is InChI=1S/C34H38F2N5O9P/c1-21(2)49-33(46)22(3)17-38-51(47,50-25-8-6-5-7-9-25)15-13-41-34(12-14-48-20-34)39(4)32(45)28-30(43)29(42)26(19-40(28)41)31(44)37-18-23-10-11-24(35)16-27(23)36/h5-11,16-17,19,21-22,43H,12-15,18,20H2,1-4H3,(H,37,44)/t22?,34-,51?/m0/s1. The van der Waals surface area contributed by atoms with E-state index in [9.17, 15) is 37.6 Å². The zero-order chi connectivity index (χ0) is 37.1. The number of fused-ring (bicyclic) bond motifs is 1. The van der Waals surface area contributed by atoms with Crippen molar-refractivity contribution in [1.29, 1.82) is 0 Å². The van der Waals surface area contributed by atoms with Crippen LogP contribution in [0.15, 0.2) is 64.3 Å². The molecule has 2 unspecified atom stereocenters. The number of para-hydroxylation sites is 1. The van der Waals surface area contributed by atoms with Crippen LogP contribution in [0.2, 0.25) is 0 Å². The molecule has 2 amide bonds. The van der Waals surface area contributed by atoms with Gasteiger partial charge < -0.3 is 29.3 Å². The molecule has 0 radical (unpaired) electrons. The molecule has 14 nitrogen and oxygen atoms in total. The minimum atomic E-state index is -4.05. The van der Waals surface area contributed by atoms with Crippen molar-refractivity contribution in [2.24, 2.45) is 10.7 Å². The van der Waals surface area contributed by atoms with E-state index >= 15 is 0 Å². The topological polar surface area (TPSA) is 169 Å². The van der Waals surface area contributed by atoms with Crippen molar-refractivity contribution in [3.8, 4) is 11.5 Å². The molecule has 1 fully saturated rings. The number of esters is 1. The molecule has 2 aliphatic heterocycles. The molecule has 1 aromatic heterocycles. The van der Waals surface area contributed by atoms with Crippen LogP contribution in [0.5, 0.6) is 11.5 Å². The van der Waals surface area contributed by atoms with Crippen LogP contribution >= 0.6 is 7.52 Å². The van der Waals surface area contributed by atoms with Crippen LogP contribution in [0.25, 0.3) is 0 Å². The minimum Gasteiger partial charge on any atom is -0.502 e. The molecule has 272 valence electrons. The van der Waals surface area contributed by atoms with E-state index in [1.54, 1.807) is 49.2 Å². The Bertz CT molecular complexity index is 1950. The second-order valence-corrected chi connectivity index (χ2v) is 14.5. The van der Waals surface area contributed by atoms with E-state index in [1.807, 2.05) is 0 Å². The Morgan fingerprint density at radius 3 is 2.53 bits per heavy atom. The summed E-state index contributed by atoms with van der Waals surface area (Å²) in [5.41, 5.74) is -3.51. The zero-order valence-corrected chi connectivity index (χ0v) is 29.3. The number of carbonyl (C=O) groups excluding carboxylic acids is 3. The predicted molar refractivity (Wildman–Crippen MR) is 182 cm³/mol. The number of pyridine rings is 1. The fraction of sp³-hybridized carbons (Fsp3) is 0.382. The van der Waals surface area contributed by atoms with Crippen molar-refractivity contribution in [3.05, 3.63) is 93.4 Å². The number of nitrogens with zero attached hydrogens (tertiary/aromatic N) is 4. The van der Waals surface area contributed by atoms with Gasteiger partial charge in [0, 0.05) is 50.6 Å². The number of likely N-dealkylation sites (N-methyl/N-ethyl adjacent to an activating group) is 1. The number of benzene rings is 2. The van der Waals surface area contributed by atoms with Crippen molar-refractivity contribution in [2.75, 3.05) is 38.0 Å². The van der Waals surface area contributed by atoms with Crippen molar-refractivity contribution in [3.63, 3.8) is 0 Å².